The summed E-state index contributed by atoms with van der Waals surface area (Å²) in [7, 11) is 2.13. The van der Waals surface area contributed by atoms with Gasteiger partial charge in [0.2, 0.25) is 6.17 Å². The Kier molecular flexibility index (Phi) is 6.96. The molecule has 8 nitrogen and oxygen atoms in total. The predicted molar refractivity (Wildman–Crippen MR) is 154 cm³/mol. The number of piperazine rings is 1. The maximum atomic E-state index is 14.1. The summed E-state index contributed by atoms with van der Waals surface area (Å²) < 4.78 is 0. The molecule has 8 heteroatoms. The Morgan fingerprint density at radius 1 is 0.923 bits per heavy atom. The third-order valence-electron chi connectivity index (χ3n) is 7.53. The van der Waals surface area contributed by atoms with Crippen LogP contribution in [0.15, 0.2) is 89.9 Å². The molecular weight excluding hydrogens is 488 g/mol. The first-order chi connectivity index (χ1) is 19.1. The van der Waals surface area contributed by atoms with Gasteiger partial charge in [0, 0.05) is 61.3 Å². The van der Waals surface area contributed by atoms with Gasteiger partial charge in [0.25, 0.3) is 11.8 Å². The first-order valence-electron chi connectivity index (χ1n) is 13.4. The van der Waals surface area contributed by atoms with E-state index in [2.05, 4.69) is 27.1 Å². The van der Waals surface area contributed by atoms with Crippen LogP contribution in [0.2, 0.25) is 0 Å². The van der Waals surface area contributed by atoms with Crippen LogP contribution >= 0.6 is 0 Å². The third-order valence-corrected chi connectivity index (χ3v) is 7.53. The molecule has 0 bridgehead atoms. The summed E-state index contributed by atoms with van der Waals surface area (Å²) in [6.07, 6.45) is -1.07. The van der Waals surface area contributed by atoms with E-state index in [1.807, 2.05) is 78.9 Å². The smallest absolute Gasteiger partial charge is 0.272 e. The van der Waals surface area contributed by atoms with Crippen molar-refractivity contribution in [2.45, 2.75) is 6.17 Å². The molecule has 0 saturated carbocycles. The molecule has 1 atom stereocenters. The lowest BCUT2D eigenvalue weighted by molar-refractivity contribution is -0.120. The number of aliphatic imine (C=N–C) groups is 1. The molecule has 1 fully saturated rings. The highest BCUT2D eigenvalue weighted by Crippen LogP contribution is 2.28. The molecule has 39 heavy (non-hydrogen) atoms. The number of carbonyl (C=O) groups is 2. The number of hydrogen-bond acceptors (Lipinski definition) is 5. The lowest BCUT2D eigenvalue weighted by Gasteiger charge is -2.34. The van der Waals surface area contributed by atoms with Crippen LogP contribution in [-0.2, 0) is 4.79 Å². The highest BCUT2D eigenvalue weighted by atomic mass is 16.2. The molecule has 2 amide bonds. The summed E-state index contributed by atoms with van der Waals surface area (Å²) in [6, 6.07) is 27.2. The maximum Gasteiger partial charge on any atom is 0.272 e. The van der Waals surface area contributed by atoms with Crippen molar-refractivity contribution in [2.24, 2.45) is 4.99 Å². The zero-order valence-electron chi connectivity index (χ0n) is 22.0. The van der Waals surface area contributed by atoms with Gasteiger partial charge in [-0.1, -0.05) is 66.7 Å². The van der Waals surface area contributed by atoms with Gasteiger partial charge in [0.05, 0.1) is 11.4 Å². The fraction of sp³-hybridized carbons (Fsp3) is 0.258. The molecular formula is C31H32N6O2. The van der Waals surface area contributed by atoms with Crippen LogP contribution in [0.5, 0.6) is 0 Å². The molecule has 0 spiro atoms. The topological polar surface area (TPSA) is 84.0 Å². The number of nitrogens with one attached hydrogen (secondary N) is 2. The number of aromatic amines is 1. The summed E-state index contributed by atoms with van der Waals surface area (Å²) in [5, 5.41) is 3.86. The van der Waals surface area contributed by atoms with Crippen LogP contribution in [0.1, 0.15) is 21.6 Å². The monoisotopic (exact) mass is 520 g/mol. The standard InChI is InChI=1S/C31H32N6O2/c1-35-15-17-36(18-16-35)19-20-37-27-14-8-6-12-24(27)28(22-9-3-2-4-10-22)33-29(31(37)39)34-30(38)26-21-23-11-5-7-13-25(23)32-26/h2-14,21,29,32H,15-20H2,1H3,(H,34,38). The lowest BCUT2D eigenvalue weighted by Crippen LogP contribution is -2.51. The summed E-state index contributed by atoms with van der Waals surface area (Å²) in [4.78, 5) is 42.1. The number of H-pyrrole nitrogens is 1. The number of nitrogens with zero attached hydrogens (tertiary/aromatic N) is 4. The Hall–Kier alpha value is -4.27. The molecule has 198 valence electrons. The van der Waals surface area contributed by atoms with Gasteiger partial charge in [0.15, 0.2) is 0 Å². The molecule has 1 saturated heterocycles. The summed E-state index contributed by atoms with van der Waals surface area (Å²) in [5.41, 5.74) is 4.52. The Labute approximate surface area is 227 Å². The molecule has 6 rings (SSSR count). The van der Waals surface area contributed by atoms with Gasteiger partial charge < -0.3 is 20.1 Å². The van der Waals surface area contributed by atoms with E-state index < -0.39 is 6.17 Å². The molecule has 2 aliphatic rings. The van der Waals surface area contributed by atoms with Crippen LogP contribution in [0.3, 0.4) is 0 Å². The number of aromatic nitrogens is 1. The van der Waals surface area contributed by atoms with E-state index in [-0.39, 0.29) is 11.8 Å². The second-order valence-electron chi connectivity index (χ2n) is 10.1. The van der Waals surface area contributed by atoms with Gasteiger partial charge in [-0.2, -0.15) is 0 Å². The quantitative estimate of drug-likeness (QED) is 0.409. The van der Waals surface area contributed by atoms with Crippen molar-refractivity contribution in [2.75, 3.05) is 51.2 Å². The van der Waals surface area contributed by atoms with E-state index in [1.165, 1.54) is 0 Å². The summed E-state index contributed by atoms with van der Waals surface area (Å²) in [6.45, 7) is 5.20. The molecule has 1 unspecified atom stereocenters. The van der Waals surface area contributed by atoms with E-state index in [0.29, 0.717) is 18.0 Å². The number of para-hydroxylation sites is 2. The molecule has 2 aliphatic heterocycles. The van der Waals surface area contributed by atoms with E-state index >= 15 is 0 Å². The van der Waals surface area contributed by atoms with Crippen molar-refractivity contribution in [3.8, 4) is 0 Å². The zero-order chi connectivity index (χ0) is 26.8. The zero-order valence-corrected chi connectivity index (χ0v) is 22.0. The Morgan fingerprint density at radius 2 is 1.64 bits per heavy atom. The second kappa shape index (κ2) is 10.8. The SMILES string of the molecule is CN1CCN(CCN2C(=O)C(NC(=O)c3cc4ccccc4[nH]3)N=C(c3ccccc3)c3ccccc32)CC1. The van der Waals surface area contributed by atoms with Gasteiger partial charge in [-0.15, -0.1) is 0 Å². The van der Waals surface area contributed by atoms with Crippen molar-refractivity contribution in [1.82, 2.24) is 20.1 Å². The van der Waals surface area contributed by atoms with Gasteiger partial charge in [0.1, 0.15) is 5.69 Å². The van der Waals surface area contributed by atoms with Crippen LogP contribution in [0, 0.1) is 0 Å². The first-order valence-corrected chi connectivity index (χ1v) is 13.4. The Bertz CT molecular complexity index is 1490. The highest BCUT2D eigenvalue weighted by molar-refractivity contribution is 6.20. The van der Waals surface area contributed by atoms with E-state index in [0.717, 1.165) is 60.4 Å². The molecule has 2 N–H and O–H groups in total. The average molecular weight is 521 g/mol. The van der Waals surface area contributed by atoms with Gasteiger partial charge in [-0.25, -0.2) is 4.99 Å². The number of likely N-dealkylation sites (N-methyl/N-ethyl adjacent to an activating group) is 1. The molecule has 4 aromatic rings. The Morgan fingerprint density at radius 3 is 2.44 bits per heavy atom. The summed E-state index contributed by atoms with van der Waals surface area (Å²) in [5.74, 6) is -0.613. The largest absolute Gasteiger partial charge is 0.351 e. The van der Waals surface area contributed by atoms with Crippen LogP contribution in [-0.4, -0.2) is 84.8 Å². The van der Waals surface area contributed by atoms with Crippen molar-refractivity contribution in [3.63, 3.8) is 0 Å². The second-order valence-corrected chi connectivity index (χ2v) is 10.1. The molecule has 1 aromatic heterocycles. The van der Waals surface area contributed by atoms with Gasteiger partial charge in [-0.3, -0.25) is 14.5 Å². The minimum atomic E-state index is -1.07. The van der Waals surface area contributed by atoms with Gasteiger partial charge in [-0.05, 0) is 25.2 Å². The number of hydrogen-bond donors (Lipinski definition) is 2. The van der Waals surface area contributed by atoms with Crippen molar-refractivity contribution >= 4 is 34.1 Å². The third kappa shape index (κ3) is 5.21. The highest BCUT2D eigenvalue weighted by Gasteiger charge is 2.33. The number of rotatable bonds is 6. The number of benzodiazepines with no additional fused rings is 1. The molecule has 3 heterocycles. The number of fused-ring (bicyclic) bond motifs is 2. The fourth-order valence-corrected chi connectivity index (χ4v) is 5.29. The number of amides is 2. The van der Waals surface area contributed by atoms with Crippen LogP contribution < -0.4 is 10.2 Å². The molecule has 0 aliphatic carbocycles. The maximum absolute atomic E-state index is 14.1. The lowest BCUT2D eigenvalue weighted by atomic mass is 10.0. The number of benzene rings is 3. The minimum absolute atomic E-state index is 0.244. The van der Waals surface area contributed by atoms with Crippen LogP contribution in [0.4, 0.5) is 5.69 Å². The Balaban J connectivity index is 1.35. The number of anilines is 1. The molecule has 3 aromatic carbocycles. The van der Waals surface area contributed by atoms with Crippen molar-refractivity contribution in [1.29, 1.82) is 0 Å². The fourth-order valence-electron chi connectivity index (χ4n) is 5.29. The van der Waals surface area contributed by atoms with Crippen molar-refractivity contribution < 1.29 is 9.59 Å². The molecule has 0 radical (unpaired) electrons. The minimum Gasteiger partial charge on any atom is -0.351 e. The average Bonchev–Trinajstić information content (AvgIpc) is 3.37. The van der Waals surface area contributed by atoms with E-state index in [9.17, 15) is 9.59 Å². The number of carbonyl (C=O) groups excluding carboxylic acids is 2. The van der Waals surface area contributed by atoms with Crippen molar-refractivity contribution in [3.05, 3.63) is 102 Å². The van der Waals surface area contributed by atoms with Gasteiger partial charge >= 0.3 is 0 Å². The van der Waals surface area contributed by atoms with E-state index in [4.69, 9.17) is 4.99 Å². The first kappa shape index (κ1) is 25.0. The van der Waals surface area contributed by atoms with Crippen LogP contribution in [0.25, 0.3) is 10.9 Å². The predicted octanol–water partition coefficient (Wildman–Crippen LogP) is 3.36. The summed E-state index contributed by atoms with van der Waals surface area (Å²) >= 11 is 0. The normalized spacial score (nSPS) is 18.5. The van der Waals surface area contributed by atoms with E-state index in [1.54, 1.807) is 11.0 Å².